The van der Waals surface area contributed by atoms with E-state index in [-0.39, 0.29) is 36.6 Å². The molecule has 188 valence electrons. The second-order valence-corrected chi connectivity index (χ2v) is 8.51. The van der Waals surface area contributed by atoms with Crippen LogP contribution in [0.15, 0.2) is 48.7 Å². The average Bonchev–Trinajstić information content (AvgIpc) is 3.22. The van der Waals surface area contributed by atoms with E-state index in [1.165, 1.54) is 18.0 Å². The Morgan fingerprint density at radius 2 is 1.92 bits per heavy atom. The van der Waals surface area contributed by atoms with Gasteiger partial charge in [0.25, 0.3) is 5.91 Å². The lowest BCUT2D eigenvalue weighted by Gasteiger charge is -2.22. The van der Waals surface area contributed by atoms with Gasteiger partial charge in [-0.1, -0.05) is 12.1 Å². The number of carbonyl (C=O) groups excluding carboxylic acids is 3. The molecule has 2 heterocycles. The molecule has 1 aliphatic rings. The molecular formula is C27H28FN3O5. The van der Waals surface area contributed by atoms with Crippen LogP contribution in [0.25, 0.3) is 10.9 Å². The van der Waals surface area contributed by atoms with Gasteiger partial charge >= 0.3 is 0 Å². The van der Waals surface area contributed by atoms with Crippen LogP contribution in [0.3, 0.4) is 0 Å². The maximum atomic E-state index is 14.3. The second kappa shape index (κ2) is 11.6. The summed E-state index contributed by atoms with van der Waals surface area (Å²) in [6.45, 7) is 0.925. The molecule has 0 saturated carbocycles. The maximum Gasteiger partial charge on any atom is 0.255 e. The smallest absolute Gasteiger partial charge is 0.255 e. The van der Waals surface area contributed by atoms with Crippen LogP contribution >= 0.6 is 0 Å². The van der Waals surface area contributed by atoms with E-state index in [0.29, 0.717) is 37.9 Å². The zero-order chi connectivity index (χ0) is 25.5. The molecule has 4 rings (SSSR count). The Hall–Kier alpha value is -4.01. The predicted molar refractivity (Wildman–Crippen MR) is 131 cm³/mol. The first kappa shape index (κ1) is 25.1. The van der Waals surface area contributed by atoms with Crippen molar-refractivity contribution in [3.63, 3.8) is 0 Å². The number of fused-ring (bicyclic) bond motifs is 2. The predicted octanol–water partition coefficient (Wildman–Crippen LogP) is 3.66. The number of amides is 2. The van der Waals surface area contributed by atoms with Gasteiger partial charge in [-0.05, 0) is 43.5 Å². The lowest BCUT2D eigenvalue weighted by atomic mass is 10.1. The van der Waals surface area contributed by atoms with Crippen LogP contribution in [0.1, 0.15) is 41.6 Å². The Morgan fingerprint density at radius 3 is 2.67 bits per heavy atom. The largest absolute Gasteiger partial charge is 0.493 e. The molecular weight excluding hydrogens is 465 g/mol. The molecule has 0 fully saturated rings. The zero-order valence-electron chi connectivity index (χ0n) is 20.0. The Kier molecular flexibility index (Phi) is 8.10. The number of aromatic nitrogens is 1. The zero-order valence-corrected chi connectivity index (χ0v) is 20.0. The van der Waals surface area contributed by atoms with Gasteiger partial charge in [0.15, 0.2) is 0 Å². The van der Waals surface area contributed by atoms with E-state index in [9.17, 15) is 18.8 Å². The van der Waals surface area contributed by atoms with Crippen molar-refractivity contribution in [2.75, 3.05) is 20.3 Å². The van der Waals surface area contributed by atoms with E-state index in [0.717, 1.165) is 22.7 Å². The fraction of sp³-hybridized carbons (Fsp3) is 0.333. The fourth-order valence-corrected chi connectivity index (χ4v) is 4.22. The van der Waals surface area contributed by atoms with Crippen LogP contribution in [0, 0.1) is 5.82 Å². The number of halogens is 1. The van der Waals surface area contributed by atoms with Crippen molar-refractivity contribution in [3.05, 3.63) is 65.6 Å². The van der Waals surface area contributed by atoms with Crippen molar-refractivity contribution in [3.8, 4) is 11.5 Å². The minimum atomic E-state index is -0.778. The van der Waals surface area contributed by atoms with E-state index in [1.807, 2.05) is 30.3 Å². The van der Waals surface area contributed by atoms with E-state index in [4.69, 9.17) is 9.47 Å². The number of benzene rings is 2. The van der Waals surface area contributed by atoms with Crippen LogP contribution in [0.2, 0.25) is 0 Å². The second-order valence-electron chi connectivity index (χ2n) is 8.51. The molecule has 8 nitrogen and oxygen atoms in total. The van der Waals surface area contributed by atoms with E-state index in [2.05, 4.69) is 10.3 Å². The molecule has 0 radical (unpaired) electrons. The minimum absolute atomic E-state index is 0.106. The van der Waals surface area contributed by atoms with Gasteiger partial charge in [0.1, 0.15) is 23.6 Å². The summed E-state index contributed by atoms with van der Waals surface area (Å²) in [5.74, 6) is -0.189. The van der Waals surface area contributed by atoms with Gasteiger partial charge in [-0.15, -0.1) is 0 Å². The monoisotopic (exact) mass is 493 g/mol. The topological polar surface area (TPSA) is 97.8 Å². The first-order valence-corrected chi connectivity index (χ1v) is 11.9. The van der Waals surface area contributed by atoms with Gasteiger partial charge in [0, 0.05) is 36.7 Å². The number of ether oxygens (including phenoxy) is 2. The van der Waals surface area contributed by atoms with E-state index < -0.39 is 17.8 Å². The van der Waals surface area contributed by atoms with Gasteiger partial charge in [-0.2, -0.15) is 0 Å². The molecule has 0 aliphatic carbocycles. The van der Waals surface area contributed by atoms with E-state index in [1.54, 1.807) is 6.20 Å². The molecule has 36 heavy (non-hydrogen) atoms. The molecule has 2 aromatic carbocycles. The third-order valence-electron chi connectivity index (χ3n) is 6.16. The van der Waals surface area contributed by atoms with Crippen LogP contribution < -0.4 is 14.8 Å². The summed E-state index contributed by atoms with van der Waals surface area (Å²) in [5.41, 5.74) is 1.60. The van der Waals surface area contributed by atoms with Crippen LogP contribution in [-0.2, 0) is 16.1 Å². The van der Waals surface area contributed by atoms with Gasteiger partial charge in [0.2, 0.25) is 5.91 Å². The van der Waals surface area contributed by atoms with Crippen molar-refractivity contribution in [1.29, 1.82) is 0 Å². The van der Waals surface area contributed by atoms with Gasteiger partial charge in [-0.3, -0.25) is 14.6 Å². The molecule has 1 atom stereocenters. The molecule has 1 aliphatic heterocycles. The van der Waals surface area contributed by atoms with Crippen molar-refractivity contribution in [1.82, 2.24) is 15.2 Å². The summed E-state index contributed by atoms with van der Waals surface area (Å²) in [6.07, 6.45) is 4.03. The molecule has 9 heteroatoms. The molecule has 1 N–H and O–H groups in total. The highest BCUT2D eigenvalue weighted by Gasteiger charge is 2.35. The summed E-state index contributed by atoms with van der Waals surface area (Å²) in [7, 11) is 1.51. The lowest BCUT2D eigenvalue weighted by molar-refractivity contribution is -0.121. The number of pyridine rings is 1. The number of hydrogen-bond donors (Lipinski definition) is 1. The van der Waals surface area contributed by atoms with Crippen molar-refractivity contribution >= 4 is 29.0 Å². The number of nitrogens with zero attached hydrogens (tertiary/aromatic N) is 2. The Labute approximate surface area is 208 Å². The number of carbonyl (C=O) groups is 3. The quantitative estimate of drug-likeness (QED) is 0.306. The van der Waals surface area contributed by atoms with Gasteiger partial charge in [-0.25, -0.2) is 4.39 Å². The van der Waals surface area contributed by atoms with E-state index >= 15 is 0 Å². The standard InChI is InChI=1S/C27H28FN3O5/c1-29-26(33)9-8-19(17-32)31-16-22-21(27(31)34)14-18(28)15-25(22)36-13-5-4-12-35-24-10-11-30-23-7-3-2-6-20(23)24/h2-3,6-7,10-11,14-15,17,19H,4-5,8-9,12-13,16H2,1H3,(H,29,33). The molecule has 0 bridgehead atoms. The van der Waals surface area contributed by atoms with Crippen molar-refractivity contribution in [2.45, 2.75) is 38.3 Å². The highest BCUT2D eigenvalue weighted by Crippen LogP contribution is 2.34. The number of nitrogens with one attached hydrogen (secondary N) is 1. The molecule has 2 amide bonds. The van der Waals surface area contributed by atoms with Crippen molar-refractivity contribution < 1.29 is 28.2 Å². The Balaban J connectivity index is 1.32. The average molecular weight is 494 g/mol. The summed E-state index contributed by atoms with van der Waals surface area (Å²) in [5, 5.41) is 3.44. The number of unbranched alkanes of at least 4 members (excludes halogenated alkanes) is 1. The SMILES string of the molecule is CNC(=O)CCC(C=O)N1Cc2c(OCCCCOc3ccnc4ccccc34)cc(F)cc2C1=O. The van der Waals surface area contributed by atoms with Crippen molar-refractivity contribution in [2.24, 2.45) is 0 Å². The summed E-state index contributed by atoms with van der Waals surface area (Å²) >= 11 is 0. The molecule has 1 unspecified atom stereocenters. The third kappa shape index (κ3) is 5.62. The first-order valence-electron chi connectivity index (χ1n) is 11.9. The van der Waals surface area contributed by atoms with Crippen LogP contribution in [-0.4, -0.2) is 54.3 Å². The summed E-state index contributed by atoms with van der Waals surface area (Å²) in [6, 6.07) is 11.2. The summed E-state index contributed by atoms with van der Waals surface area (Å²) in [4.78, 5) is 41.8. The normalized spacial score (nSPS) is 13.4. The van der Waals surface area contributed by atoms with Gasteiger partial charge in [0.05, 0.1) is 36.9 Å². The van der Waals surface area contributed by atoms with Gasteiger partial charge < -0.3 is 24.5 Å². The number of hydrogen-bond acceptors (Lipinski definition) is 6. The molecule has 0 saturated heterocycles. The third-order valence-corrected chi connectivity index (χ3v) is 6.16. The Morgan fingerprint density at radius 1 is 1.17 bits per heavy atom. The first-order chi connectivity index (χ1) is 17.5. The number of para-hydroxylation sites is 1. The highest BCUT2D eigenvalue weighted by molar-refractivity contribution is 6.00. The fourth-order valence-electron chi connectivity index (χ4n) is 4.22. The molecule has 1 aromatic heterocycles. The number of aldehydes is 1. The molecule has 0 spiro atoms. The summed E-state index contributed by atoms with van der Waals surface area (Å²) < 4.78 is 26.0. The highest BCUT2D eigenvalue weighted by atomic mass is 19.1. The molecule has 3 aromatic rings. The maximum absolute atomic E-state index is 14.3. The lowest BCUT2D eigenvalue weighted by Crippen LogP contribution is -2.37. The Bertz CT molecular complexity index is 1260. The van der Waals surface area contributed by atoms with Crippen LogP contribution in [0.4, 0.5) is 4.39 Å². The number of rotatable bonds is 12. The minimum Gasteiger partial charge on any atom is -0.493 e. The van der Waals surface area contributed by atoms with Crippen LogP contribution in [0.5, 0.6) is 11.5 Å².